The van der Waals surface area contributed by atoms with Crippen molar-refractivity contribution in [2.24, 2.45) is 11.8 Å². The largest absolute Gasteiger partial charge is 0.412 e. The highest BCUT2D eigenvalue weighted by molar-refractivity contribution is 5.28. The maximum atomic E-state index is 13.8. The Morgan fingerprint density at radius 3 is 1.67 bits per heavy atom. The summed E-state index contributed by atoms with van der Waals surface area (Å²) in [4.78, 5) is 0. The molecular formula is C23H28F4. The number of halogens is 4. The molecule has 2 aliphatic rings. The zero-order valence-electron chi connectivity index (χ0n) is 15.6. The predicted molar refractivity (Wildman–Crippen MR) is 101 cm³/mol. The van der Waals surface area contributed by atoms with Crippen LogP contribution in [0.4, 0.5) is 17.6 Å². The second-order valence-corrected chi connectivity index (χ2v) is 8.13. The fourth-order valence-electron chi connectivity index (χ4n) is 4.71. The Bertz CT molecular complexity index is 640. The number of hydrogen-bond acceptors (Lipinski definition) is 0. The maximum absolute atomic E-state index is 13.8. The molecule has 0 spiro atoms. The van der Waals surface area contributed by atoms with Crippen LogP contribution in [0.1, 0.15) is 74.3 Å². The highest BCUT2D eigenvalue weighted by Crippen LogP contribution is 2.41. The van der Waals surface area contributed by atoms with Gasteiger partial charge in [-0.15, -0.1) is 6.58 Å². The fraction of sp³-hybridized carbons (Fsp3) is 0.565. The summed E-state index contributed by atoms with van der Waals surface area (Å²) < 4.78 is 50.7. The van der Waals surface area contributed by atoms with E-state index in [1.54, 1.807) is 0 Å². The van der Waals surface area contributed by atoms with E-state index in [9.17, 15) is 17.6 Å². The zero-order chi connectivity index (χ0) is 19.4. The van der Waals surface area contributed by atoms with Crippen LogP contribution in [0.15, 0.2) is 48.8 Å². The number of benzene rings is 1. The molecule has 0 unspecified atom stereocenters. The van der Waals surface area contributed by atoms with Crippen LogP contribution in [0.5, 0.6) is 0 Å². The minimum absolute atomic E-state index is 0.173. The van der Waals surface area contributed by atoms with Gasteiger partial charge >= 0.3 is 6.18 Å². The second kappa shape index (κ2) is 8.62. The Morgan fingerprint density at radius 1 is 0.815 bits per heavy atom. The number of alkyl halides is 3. The van der Waals surface area contributed by atoms with Crippen LogP contribution in [-0.2, 0) is 0 Å². The Labute approximate surface area is 159 Å². The normalized spacial score (nSPS) is 30.1. The third-order valence-corrected chi connectivity index (χ3v) is 6.40. The van der Waals surface area contributed by atoms with E-state index in [1.165, 1.54) is 36.8 Å². The summed E-state index contributed by atoms with van der Waals surface area (Å²) in [7, 11) is 0. The van der Waals surface area contributed by atoms with Crippen molar-refractivity contribution in [1.82, 2.24) is 0 Å². The molecule has 1 aromatic rings. The van der Waals surface area contributed by atoms with Crippen molar-refractivity contribution in [2.75, 3.05) is 0 Å². The third kappa shape index (κ3) is 5.46. The van der Waals surface area contributed by atoms with E-state index in [4.69, 9.17) is 0 Å². The van der Waals surface area contributed by atoms with Gasteiger partial charge in [-0.3, -0.25) is 0 Å². The first-order chi connectivity index (χ1) is 12.9. The van der Waals surface area contributed by atoms with Crippen molar-refractivity contribution in [3.63, 3.8) is 0 Å². The quantitative estimate of drug-likeness (QED) is 0.369. The number of allylic oxidation sites excluding steroid dienone is 3. The zero-order valence-corrected chi connectivity index (χ0v) is 15.6. The van der Waals surface area contributed by atoms with Gasteiger partial charge in [0, 0.05) is 5.92 Å². The minimum atomic E-state index is -4.57. The van der Waals surface area contributed by atoms with Crippen molar-refractivity contribution >= 4 is 0 Å². The summed E-state index contributed by atoms with van der Waals surface area (Å²) in [5.74, 6) is 0.00851. The standard InChI is InChI=1S/C23H28F4/c1-2-16-3-5-17(6-4-16)18-7-9-19(10-8-18)20-11-13-21(14-12-20)22(24)15-23(25,26)27/h2,7-10,15-17,20-21H,1,3-6,11-14H2/b22-15-. The molecule has 0 nitrogen and oxygen atoms in total. The molecule has 2 fully saturated rings. The lowest BCUT2D eigenvalue weighted by Gasteiger charge is -2.29. The molecule has 0 atom stereocenters. The van der Waals surface area contributed by atoms with Gasteiger partial charge in [0.15, 0.2) is 0 Å². The molecule has 148 valence electrons. The molecule has 3 rings (SSSR count). The van der Waals surface area contributed by atoms with Gasteiger partial charge in [-0.05, 0) is 80.2 Å². The molecule has 0 aliphatic heterocycles. The van der Waals surface area contributed by atoms with Crippen molar-refractivity contribution in [1.29, 1.82) is 0 Å². The molecule has 0 heterocycles. The molecule has 0 aromatic heterocycles. The molecular weight excluding hydrogens is 352 g/mol. The fourth-order valence-corrected chi connectivity index (χ4v) is 4.71. The molecule has 0 bridgehead atoms. The highest BCUT2D eigenvalue weighted by Gasteiger charge is 2.30. The average molecular weight is 380 g/mol. The van der Waals surface area contributed by atoms with E-state index in [0.717, 1.165) is 12.8 Å². The van der Waals surface area contributed by atoms with Gasteiger partial charge in [0.25, 0.3) is 0 Å². The lowest BCUT2D eigenvalue weighted by molar-refractivity contribution is -0.0820. The van der Waals surface area contributed by atoms with Crippen LogP contribution in [-0.4, -0.2) is 6.18 Å². The molecule has 2 aliphatic carbocycles. The molecule has 0 saturated heterocycles. The Kier molecular flexibility index (Phi) is 6.44. The molecule has 1 aromatic carbocycles. The van der Waals surface area contributed by atoms with E-state index in [0.29, 0.717) is 30.6 Å². The van der Waals surface area contributed by atoms with Gasteiger partial charge in [-0.2, -0.15) is 13.2 Å². The summed E-state index contributed by atoms with van der Waals surface area (Å²) in [5.41, 5.74) is 2.62. The number of hydrogen-bond donors (Lipinski definition) is 0. The number of rotatable bonds is 4. The van der Waals surface area contributed by atoms with E-state index in [2.05, 4.69) is 36.9 Å². The van der Waals surface area contributed by atoms with E-state index < -0.39 is 17.9 Å². The van der Waals surface area contributed by atoms with Crippen molar-refractivity contribution in [2.45, 2.75) is 69.4 Å². The van der Waals surface area contributed by atoms with Crippen molar-refractivity contribution < 1.29 is 17.6 Å². The lowest BCUT2D eigenvalue weighted by atomic mass is 9.76. The first-order valence-electron chi connectivity index (χ1n) is 10.0. The van der Waals surface area contributed by atoms with Crippen LogP contribution in [0.2, 0.25) is 0 Å². The average Bonchev–Trinajstić information content (AvgIpc) is 2.67. The summed E-state index contributed by atoms with van der Waals surface area (Å²) >= 11 is 0. The SMILES string of the molecule is C=CC1CCC(c2ccc(C3CCC(/C(F)=C/C(F)(F)F)CC3)cc2)CC1. The minimum Gasteiger partial charge on any atom is -0.212 e. The molecule has 0 amide bonds. The van der Waals surface area contributed by atoms with Gasteiger partial charge in [0.05, 0.1) is 6.08 Å². The van der Waals surface area contributed by atoms with Crippen LogP contribution >= 0.6 is 0 Å². The van der Waals surface area contributed by atoms with E-state index in [-0.39, 0.29) is 6.08 Å². The highest BCUT2D eigenvalue weighted by atomic mass is 19.4. The Hall–Kier alpha value is -1.58. The summed E-state index contributed by atoms with van der Waals surface area (Å²) in [6.07, 6.45) is 4.59. The topological polar surface area (TPSA) is 0 Å². The molecule has 2 saturated carbocycles. The second-order valence-electron chi connectivity index (χ2n) is 8.13. The molecule has 27 heavy (non-hydrogen) atoms. The monoisotopic (exact) mass is 380 g/mol. The van der Waals surface area contributed by atoms with Crippen LogP contribution in [0.25, 0.3) is 0 Å². The predicted octanol–water partition coefficient (Wildman–Crippen LogP) is 7.84. The first-order valence-corrected chi connectivity index (χ1v) is 10.0. The van der Waals surface area contributed by atoms with Crippen molar-refractivity contribution in [3.8, 4) is 0 Å². The van der Waals surface area contributed by atoms with Crippen molar-refractivity contribution in [3.05, 3.63) is 60.0 Å². The van der Waals surface area contributed by atoms with Crippen LogP contribution in [0, 0.1) is 11.8 Å². The molecule has 4 heteroatoms. The summed E-state index contributed by atoms with van der Waals surface area (Å²) in [5, 5.41) is 0. The maximum Gasteiger partial charge on any atom is 0.412 e. The van der Waals surface area contributed by atoms with Gasteiger partial charge in [0.1, 0.15) is 5.83 Å². The van der Waals surface area contributed by atoms with Gasteiger partial charge in [-0.1, -0.05) is 30.3 Å². The lowest BCUT2D eigenvalue weighted by Crippen LogP contribution is -2.16. The smallest absolute Gasteiger partial charge is 0.212 e. The summed E-state index contributed by atoms with van der Waals surface area (Å²) in [6, 6.07) is 8.76. The van der Waals surface area contributed by atoms with Gasteiger partial charge in [-0.25, -0.2) is 4.39 Å². The van der Waals surface area contributed by atoms with Crippen LogP contribution < -0.4 is 0 Å². The van der Waals surface area contributed by atoms with Gasteiger partial charge in [0.2, 0.25) is 0 Å². The third-order valence-electron chi connectivity index (χ3n) is 6.40. The summed E-state index contributed by atoms with van der Waals surface area (Å²) in [6.45, 7) is 3.90. The van der Waals surface area contributed by atoms with Gasteiger partial charge < -0.3 is 0 Å². The Morgan fingerprint density at radius 2 is 1.26 bits per heavy atom. The Balaban J connectivity index is 1.55. The van der Waals surface area contributed by atoms with E-state index >= 15 is 0 Å². The molecule has 0 N–H and O–H groups in total. The van der Waals surface area contributed by atoms with E-state index in [1.807, 2.05) is 0 Å². The van der Waals surface area contributed by atoms with Crippen LogP contribution in [0.3, 0.4) is 0 Å². The first kappa shape index (κ1) is 20.2. The molecule has 0 radical (unpaired) electrons.